The van der Waals surface area contributed by atoms with Crippen LogP contribution >= 0.6 is 12.4 Å². The summed E-state index contributed by atoms with van der Waals surface area (Å²) in [5, 5.41) is 0. The second kappa shape index (κ2) is 7.80. The van der Waals surface area contributed by atoms with Crippen molar-refractivity contribution in [2.45, 2.75) is 38.8 Å². The van der Waals surface area contributed by atoms with Crippen molar-refractivity contribution in [3.63, 3.8) is 0 Å². The summed E-state index contributed by atoms with van der Waals surface area (Å²) < 4.78 is 2.18. The first kappa shape index (κ1) is 18.8. The van der Waals surface area contributed by atoms with Gasteiger partial charge in [-0.25, -0.2) is 4.98 Å². The van der Waals surface area contributed by atoms with E-state index in [2.05, 4.69) is 28.8 Å². The van der Waals surface area contributed by atoms with Crippen molar-refractivity contribution in [1.82, 2.24) is 9.55 Å². The van der Waals surface area contributed by atoms with E-state index < -0.39 is 0 Å². The Morgan fingerprint density at radius 3 is 2.43 bits per heavy atom. The van der Waals surface area contributed by atoms with Gasteiger partial charge in [-0.05, 0) is 18.9 Å². The molecule has 144 valence electrons. The Morgan fingerprint density at radius 1 is 0.929 bits per heavy atom. The number of aromatic nitrogens is 2. The van der Waals surface area contributed by atoms with E-state index in [4.69, 9.17) is 4.98 Å². The van der Waals surface area contributed by atoms with Gasteiger partial charge in [-0.3, -0.25) is 9.69 Å². The van der Waals surface area contributed by atoms with Gasteiger partial charge in [0.2, 0.25) is 5.91 Å². The normalized spacial score (nSPS) is 16.1. The molecule has 0 unspecified atom stereocenters. The second-order valence-corrected chi connectivity index (χ2v) is 7.52. The Morgan fingerprint density at radius 2 is 1.64 bits per heavy atom. The zero-order chi connectivity index (χ0) is 18.2. The van der Waals surface area contributed by atoms with Crippen LogP contribution in [0.1, 0.15) is 32.1 Å². The van der Waals surface area contributed by atoms with Crippen LogP contribution in [-0.4, -0.2) is 15.5 Å². The minimum Gasteiger partial charge on any atom is -0.305 e. The van der Waals surface area contributed by atoms with Gasteiger partial charge in [0.25, 0.3) is 0 Å². The predicted molar refractivity (Wildman–Crippen MR) is 114 cm³/mol. The minimum atomic E-state index is 0. The van der Waals surface area contributed by atoms with Gasteiger partial charge in [0.15, 0.2) is 0 Å². The summed E-state index contributed by atoms with van der Waals surface area (Å²) in [5.41, 5.74) is 4.26. The molecule has 0 bridgehead atoms. The zero-order valence-electron chi connectivity index (χ0n) is 15.8. The van der Waals surface area contributed by atoms with E-state index in [-0.39, 0.29) is 24.2 Å². The van der Waals surface area contributed by atoms with Crippen molar-refractivity contribution in [2.75, 3.05) is 4.90 Å². The molecule has 2 aliphatic rings. The summed E-state index contributed by atoms with van der Waals surface area (Å²) in [7, 11) is 0. The number of imidazole rings is 1. The number of nitrogens with zero attached hydrogens (tertiary/aromatic N) is 3. The smallest absolute Gasteiger partial charge is 0.231 e. The highest BCUT2D eigenvalue weighted by molar-refractivity contribution is 5.99. The highest BCUT2D eigenvalue weighted by atomic mass is 35.5. The minimum absolute atomic E-state index is 0. The summed E-state index contributed by atoms with van der Waals surface area (Å²) in [6, 6.07) is 18.4. The number of carbonyl (C=O) groups excluding carboxylic acids is 1. The summed E-state index contributed by atoms with van der Waals surface area (Å²) >= 11 is 0. The van der Waals surface area contributed by atoms with E-state index in [9.17, 15) is 4.79 Å². The maximum Gasteiger partial charge on any atom is 0.231 e. The van der Waals surface area contributed by atoms with Crippen LogP contribution in [-0.2, 0) is 11.5 Å². The maximum atomic E-state index is 13.4. The van der Waals surface area contributed by atoms with Crippen molar-refractivity contribution in [1.29, 1.82) is 0 Å². The molecule has 2 aromatic carbocycles. The van der Waals surface area contributed by atoms with Gasteiger partial charge < -0.3 is 4.57 Å². The topological polar surface area (TPSA) is 38.1 Å². The van der Waals surface area contributed by atoms with Gasteiger partial charge in [-0.15, -0.1) is 12.4 Å². The monoisotopic (exact) mass is 393 g/mol. The van der Waals surface area contributed by atoms with E-state index in [1.165, 1.54) is 6.42 Å². The van der Waals surface area contributed by atoms with E-state index >= 15 is 0 Å². The number of benzene rings is 2. The van der Waals surface area contributed by atoms with Crippen LogP contribution < -0.4 is 4.90 Å². The fourth-order valence-corrected chi connectivity index (χ4v) is 4.45. The number of rotatable bonds is 2. The van der Waals surface area contributed by atoms with Crippen LogP contribution in [0, 0.1) is 5.92 Å². The van der Waals surface area contributed by atoms with Crippen LogP contribution in [0.2, 0.25) is 0 Å². The van der Waals surface area contributed by atoms with E-state index in [0.717, 1.165) is 54.0 Å². The summed E-state index contributed by atoms with van der Waals surface area (Å²) in [6.45, 7) is 0.534. The highest BCUT2D eigenvalue weighted by Gasteiger charge is 2.32. The quantitative estimate of drug-likeness (QED) is 0.574. The van der Waals surface area contributed by atoms with E-state index in [0.29, 0.717) is 6.67 Å². The van der Waals surface area contributed by atoms with Gasteiger partial charge in [-0.2, -0.15) is 0 Å². The van der Waals surface area contributed by atoms with E-state index in [1.807, 2.05) is 41.4 Å². The molecule has 0 saturated heterocycles. The first-order valence-corrected chi connectivity index (χ1v) is 9.84. The molecular formula is C23H24ClN3O. The van der Waals surface area contributed by atoms with Crippen molar-refractivity contribution in [2.24, 2.45) is 5.92 Å². The number of para-hydroxylation sites is 1. The number of hydrogen-bond acceptors (Lipinski definition) is 2. The molecule has 28 heavy (non-hydrogen) atoms. The van der Waals surface area contributed by atoms with Gasteiger partial charge >= 0.3 is 0 Å². The van der Waals surface area contributed by atoms with E-state index in [1.54, 1.807) is 0 Å². The Labute approximate surface area is 171 Å². The molecule has 5 heteroatoms. The SMILES string of the molecule is Cl.O=C(C1CCCCC1)N1Cn2c(cnc2-c2ccccc2)-c2ccccc21. The third-order valence-electron chi connectivity index (χ3n) is 5.86. The molecule has 0 radical (unpaired) electrons. The molecule has 0 atom stereocenters. The lowest BCUT2D eigenvalue weighted by atomic mass is 9.88. The fraction of sp³-hybridized carbons (Fsp3) is 0.304. The summed E-state index contributed by atoms with van der Waals surface area (Å²) in [4.78, 5) is 20.1. The molecule has 1 aliphatic heterocycles. The lowest BCUT2D eigenvalue weighted by molar-refractivity contribution is -0.123. The molecule has 5 rings (SSSR count). The molecule has 2 heterocycles. The highest BCUT2D eigenvalue weighted by Crippen LogP contribution is 2.39. The standard InChI is InChI=1S/C23H23N3O.ClH/c27-23(18-11-5-2-6-12-18)26-16-25-21(19-13-7-8-14-20(19)26)15-24-22(25)17-9-3-1-4-10-17;/h1,3-4,7-10,13-15,18H,2,5-6,11-12,16H2;1H. The molecule has 0 N–H and O–H groups in total. The molecule has 1 aliphatic carbocycles. The Hall–Kier alpha value is -2.59. The number of halogens is 1. The number of amides is 1. The van der Waals surface area contributed by atoms with Crippen LogP contribution in [0.15, 0.2) is 60.8 Å². The van der Waals surface area contributed by atoms with Crippen LogP contribution in [0.4, 0.5) is 5.69 Å². The molecule has 0 spiro atoms. The van der Waals surface area contributed by atoms with Gasteiger partial charge in [-0.1, -0.05) is 67.8 Å². The Kier molecular flexibility index (Phi) is 5.23. The van der Waals surface area contributed by atoms with Crippen molar-refractivity contribution in [3.05, 3.63) is 60.8 Å². The van der Waals surface area contributed by atoms with Crippen LogP contribution in [0.5, 0.6) is 0 Å². The molecule has 1 amide bonds. The number of fused-ring (bicyclic) bond motifs is 3. The second-order valence-electron chi connectivity index (χ2n) is 7.52. The molecule has 4 nitrogen and oxygen atoms in total. The average molecular weight is 394 g/mol. The Balaban J connectivity index is 0.00000192. The summed E-state index contributed by atoms with van der Waals surface area (Å²) in [5.74, 6) is 1.33. The molecule has 3 aromatic rings. The maximum absolute atomic E-state index is 13.4. The molecule has 1 saturated carbocycles. The van der Waals surface area contributed by atoms with Gasteiger partial charge in [0.1, 0.15) is 12.5 Å². The van der Waals surface area contributed by atoms with Crippen molar-refractivity contribution in [3.8, 4) is 22.6 Å². The lowest BCUT2D eigenvalue weighted by Gasteiger charge is -2.35. The lowest BCUT2D eigenvalue weighted by Crippen LogP contribution is -2.40. The van der Waals surface area contributed by atoms with Crippen LogP contribution in [0.3, 0.4) is 0 Å². The third kappa shape index (κ3) is 3.12. The van der Waals surface area contributed by atoms with Crippen molar-refractivity contribution >= 4 is 24.0 Å². The predicted octanol–water partition coefficient (Wildman–Crippen LogP) is 5.52. The fourth-order valence-electron chi connectivity index (χ4n) is 4.45. The number of carbonyl (C=O) groups is 1. The first-order valence-electron chi connectivity index (χ1n) is 9.84. The number of hydrogen-bond donors (Lipinski definition) is 0. The van der Waals surface area contributed by atoms with Crippen molar-refractivity contribution < 1.29 is 4.79 Å². The third-order valence-corrected chi connectivity index (χ3v) is 5.86. The van der Waals surface area contributed by atoms with Gasteiger partial charge in [0.05, 0.1) is 17.6 Å². The largest absolute Gasteiger partial charge is 0.305 e. The molecular weight excluding hydrogens is 370 g/mol. The number of anilines is 1. The van der Waals surface area contributed by atoms with Gasteiger partial charge in [0, 0.05) is 17.0 Å². The average Bonchev–Trinajstić information content (AvgIpc) is 3.18. The van der Waals surface area contributed by atoms with Crippen LogP contribution in [0.25, 0.3) is 22.6 Å². The Bertz CT molecular complexity index is 963. The first-order chi connectivity index (χ1) is 13.3. The molecule has 1 fully saturated rings. The molecule has 1 aromatic heterocycles. The summed E-state index contributed by atoms with van der Waals surface area (Å²) in [6.07, 6.45) is 7.54. The zero-order valence-corrected chi connectivity index (χ0v) is 16.6.